The van der Waals surface area contributed by atoms with Crippen LogP contribution in [0.1, 0.15) is 12.8 Å². The van der Waals surface area contributed by atoms with Crippen LogP contribution in [0.2, 0.25) is 0 Å². The van der Waals surface area contributed by atoms with Crippen LogP contribution in [0.4, 0.5) is 10.1 Å². The first-order chi connectivity index (χ1) is 11.3. The number of benzene rings is 2. The Balaban J connectivity index is 2.40. The first-order valence-corrected chi connectivity index (χ1v) is 9.29. The Hall–Kier alpha value is -1.93. The van der Waals surface area contributed by atoms with Crippen molar-refractivity contribution in [2.75, 3.05) is 10.8 Å². The lowest BCUT2D eigenvalue weighted by atomic mass is 10.3. The second kappa shape index (κ2) is 7.76. The highest BCUT2D eigenvalue weighted by atomic mass is 79.9. The fraction of sp³-hybridized carbons (Fsp3) is 0.188. The molecule has 2 rings (SSSR count). The topological polar surface area (TPSA) is 74.7 Å². The van der Waals surface area contributed by atoms with Gasteiger partial charge in [-0.25, -0.2) is 12.8 Å². The highest BCUT2D eigenvalue weighted by molar-refractivity contribution is 9.10. The minimum absolute atomic E-state index is 0.00244. The summed E-state index contributed by atoms with van der Waals surface area (Å²) < 4.78 is 40.6. The van der Waals surface area contributed by atoms with Crippen LogP contribution >= 0.6 is 15.9 Å². The van der Waals surface area contributed by atoms with E-state index in [0.29, 0.717) is 10.2 Å². The molecule has 2 aromatic rings. The molecule has 8 heteroatoms. The predicted octanol–water partition coefficient (Wildman–Crippen LogP) is 3.65. The lowest BCUT2D eigenvalue weighted by Gasteiger charge is -2.24. The Morgan fingerprint density at radius 3 is 2.42 bits per heavy atom. The van der Waals surface area contributed by atoms with Crippen LogP contribution in [0.15, 0.2) is 57.9 Å². The molecule has 0 bridgehead atoms. The molecule has 0 fully saturated rings. The van der Waals surface area contributed by atoms with Crippen molar-refractivity contribution in [1.29, 1.82) is 0 Å². The van der Waals surface area contributed by atoms with Gasteiger partial charge in [0.2, 0.25) is 0 Å². The van der Waals surface area contributed by atoms with Gasteiger partial charge in [0, 0.05) is 17.4 Å². The van der Waals surface area contributed by atoms with E-state index in [1.807, 2.05) is 0 Å². The van der Waals surface area contributed by atoms with Gasteiger partial charge in [-0.2, -0.15) is 0 Å². The summed E-state index contributed by atoms with van der Waals surface area (Å²) in [6.07, 6.45) is 0.00567. The van der Waals surface area contributed by atoms with Gasteiger partial charge in [0.15, 0.2) is 0 Å². The summed E-state index contributed by atoms with van der Waals surface area (Å²) in [5.74, 6) is -1.53. The third-order valence-corrected chi connectivity index (χ3v) is 5.58. The number of halogens is 2. The number of carbonyl (C=O) groups is 1. The zero-order valence-corrected chi connectivity index (χ0v) is 14.9. The molecule has 0 aliphatic rings. The molecule has 0 saturated heterocycles. The van der Waals surface area contributed by atoms with Gasteiger partial charge in [-0.3, -0.25) is 9.10 Å². The largest absolute Gasteiger partial charge is 0.481 e. The Labute approximate surface area is 147 Å². The fourth-order valence-electron chi connectivity index (χ4n) is 2.13. The minimum atomic E-state index is -3.93. The van der Waals surface area contributed by atoms with Crippen LogP contribution in [0.25, 0.3) is 0 Å². The Kier molecular flexibility index (Phi) is 5.95. The number of sulfonamides is 1. The minimum Gasteiger partial charge on any atom is -0.481 e. The quantitative estimate of drug-likeness (QED) is 0.748. The van der Waals surface area contributed by atoms with Crippen molar-refractivity contribution in [3.63, 3.8) is 0 Å². The average Bonchev–Trinajstić information content (AvgIpc) is 2.51. The van der Waals surface area contributed by atoms with E-state index in [9.17, 15) is 17.6 Å². The zero-order valence-electron chi connectivity index (χ0n) is 12.5. The first kappa shape index (κ1) is 18.4. The Morgan fingerprint density at radius 2 is 1.83 bits per heavy atom. The van der Waals surface area contributed by atoms with E-state index < -0.39 is 21.8 Å². The highest BCUT2D eigenvalue weighted by Gasteiger charge is 2.25. The molecule has 0 unspecified atom stereocenters. The second-order valence-electron chi connectivity index (χ2n) is 5.01. The van der Waals surface area contributed by atoms with Gasteiger partial charge in [-0.15, -0.1) is 0 Å². The number of hydrogen-bond acceptors (Lipinski definition) is 3. The standard InChI is InChI=1S/C16H15BrFNO4S/c17-12-3-1-4-14(11-12)19(10-2-5-16(20)21)24(22,23)15-8-6-13(18)7-9-15/h1,3-4,6-9,11H,2,5,10H2,(H,20,21). The molecular formula is C16H15BrFNO4S. The molecule has 0 atom stereocenters. The lowest BCUT2D eigenvalue weighted by Crippen LogP contribution is -2.32. The normalized spacial score (nSPS) is 11.2. The van der Waals surface area contributed by atoms with E-state index in [2.05, 4.69) is 15.9 Å². The number of aliphatic carboxylic acids is 1. The van der Waals surface area contributed by atoms with Crippen molar-refractivity contribution < 1.29 is 22.7 Å². The fourth-order valence-corrected chi connectivity index (χ4v) is 4.01. The molecule has 0 saturated carbocycles. The molecule has 2 aromatic carbocycles. The molecule has 1 N–H and O–H groups in total. The number of nitrogens with zero attached hydrogens (tertiary/aromatic N) is 1. The van der Waals surface area contributed by atoms with Crippen molar-refractivity contribution in [2.24, 2.45) is 0 Å². The lowest BCUT2D eigenvalue weighted by molar-refractivity contribution is -0.137. The summed E-state index contributed by atoms with van der Waals surface area (Å²) in [6.45, 7) is 0.00244. The summed E-state index contributed by atoms with van der Waals surface area (Å²) in [5, 5.41) is 8.77. The van der Waals surface area contributed by atoms with Crippen LogP contribution in [-0.4, -0.2) is 26.0 Å². The number of anilines is 1. The van der Waals surface area contributed by atoms with Crippen molar-refractivity contribution in [2.45, 2.75) is 17.7 Å². The highest BCUT2D eigenvalue weighted by Crippen LogP contribution is 2.27. The maximum absolute atomic E-state index is 13.1. The van der Waals surface area contributed by atoms with E-state index in [0.717, 1.165) is 16.4 Å². The maximum atomic E-state index is 13.1. The summed E-state index contributed by atoms with van der Waals surface area (Å²) in [5.41, 5.74) is 0.402. The molecule has 0 aromatic heterocycles. The van der Waals surface area contributed by atoms with Gasteiger partial charge < -0.3 is 5.11 Å². The summed E-state index contributed by atoms with van der Waals surface area (Å²) in [6, 6.07) is 11.2. The monoisotopic (exact) mass is 415 g/mol. The molecule has 0 spiro atoms. The molecule has 0 aliphatic heterocycles. The maximum Gasteiger partial charge on any atom is 0.303 e. The smallest absolute Gasteiger partial charge is 0.303 e. The zero-order chi connectivity index (χ0) is 17.7. The van der Waals surface area contributed by atoms with Gasteiger partial charge in [0.05, 0.1) is 10.6 Å². The number of carboxylic acid groups (broad SMARTS) is 1. The van der Waals surface area contributed by atoms with Gasteiger partial charge >= 0.3 is 5.97 Å². The molecule has 24 heavy (non-hydrogen) atoms. The van der Waals surface area contributed by atoms with Gasteiger partial charge in [-0.05, 0) is 48.9 Å². The van der Waals surface area contributed by atoms with Gasteiger partial charge in [-0.1, -0.05) is 22.0 Å². The summed E-state index contributed by atoms with van der Waals surface area (Å²) in [4.78, 5) is 10.7. The van der Waals surface area contributed by atoms with Crippen LogP contribution < -0.4 is 4.31 Å². The number of hydrogen-bond donors (Lipinski definition) is 1. The van der Waals surface area contributed by atoms with Gasteiger partial charge in [0.1, 0.15) is 5.82 Å². The van der Waals surface area contributed by atoms with E-state index in [1.54, 1.807) is 24.3 Å². The molecule has 128 valence electrons. The molecule has 0 amide bonds. The third kappa shape index (κ3) is 4.55. The SMILES string of the molecule is O=C(O)CCCN(c1cccc(Br)c1)S(=O)(=O)c1ccc(F)cc1. The van der Waals surface area contributed by atoms with Crippen LogP contribution in [0, 0.1) is 5.82 Å². The number of carboxylic acids is 1. The summed E-state index contributed by atoms with van der Waals surface area (Å²) in [7, 11) is -3.93. The van der Waals surface area contributed by atoms with E-state index >= 15 is 0 Å². The summed E-state index contributed by atoms with van der Waals surface area (Å²) >= 11 is 3.29. The van der Waals surface area contributed by atoms with Crippen LogP contribution in [0.5, 0.6) is 0 Å². The van der Waals surface area contributed by atoms with E-state index in [4.69, 9.17) is 5.11 Å². The number of rotatable bonds is 7. The predicted molar refractivity (Wildman–Crippen MR) is 91.9 cm³/mol. The van der Waals surface area contributed by atoms with Crippen LogP contribution in [0.3, 0.4) is 0 Å². The van der Waals surface area contributed by atoms with E-state index in [1.165, 1.54) is 12.1 Å². The second-order valence-corrected chi connectivity index (χ2v) is 7.79. The first-order valence-electron chi connectivity index (χ1n) is 7.06. The Morgan fingerprint density at radius 1 is 1.17 bits per heavy atom. The van der Waals surface area contributed by atoms with Gasteiger partial charge in [0.25, 0.3) is 10.0 Å². The van der Waals surface area contributed by atoms with Crippen molar-refractivity contribution in [3.05, 3.63) is 58.8 Å². The third-order valence-electron chi connectivity index (χ3n) is 3.25. The van der Waals surface area contributed by atoms with E-state index in [-0.39, 0.29) is 24.3 Å². The molecule has 0 heterocycles. The average molecular weight is 416 g/mol. The molecular weight excluding hydrogens is 401 g/mol. The van der Waals surface area contributed by atoms with Crippen molar-refractivity contribution >= 4 is 37.6 Å². The molecule has 5 nitrogen and oxygen atoms in total. The van der Waals surface area contributed by atoms with Crippen molar-refractivity contribution in [1.82, 2.24) is 0 Å². The van der Waals surface area contributed by atoms with Crippen LogP contribution in [-0.2, 0) is 14.8 Å². The Bertz CT molecular complexity index is 824. The molecule has 0 radical (unpaired) electrons. The van der Waals surface area contributed by atoms with Crippen molar-refractivity contribution in [3.8, 4) is 0 Å². The molecule has 0 aliphatic carbocycles.